The van der Waals surface area contributed by atoms with Crippen molar-refractivity contribution >= 4 is 11.7 Å². The first-order chi connectivity index (χ1) is 9.74. The zero-order valence-corrected chi connectivity index (χ0v) is 12.5. The van der Waals surface area contributed by atoms with Crippen molar-refractivity contribution in [1.82, 2.24) is 4.90 Å². The maximum atomic E-state index is 11.3. The molecule has 6 heteroatoms. The van der Waals surface area contributed by atoms with Gasteiger partial charge in [-0.15, -0.1) is 0 Å². The third-order valence-corrected chi connectivity index (χ3v) is 4.49. The van der Waals surface area contributed by atoms with Crippen LogP contribution in [-0.2, 0) is 4.79 Å². The summed E-state index contributed by atoms with van der Waals surface area (Å²) in [4.78, 5) is 23.9. The number of carbonyl (C=O) groups is 1. The van der Waals surface area contributed by atoms with Gasteiger partial charge in [0, 0.05) is 24.7 Å². The van der Waals surface area contributed by atoms with Crippen molar-refractivity contribution in [2.24, 2.45) is 5.41 Å². The molecule has 1 aromatic rings. The van der Waals surface area contributed by atoms with E-state index in [1.54, 1.807) is 19.1 Å². The third-order valence-electron chi connectivity index (χ3n) is 4.49. The van der Waals surface area contributed by atoms with Gasteiger partial charge in [-0.25, -0.2) is 0 Å². The number of likely N-dealkylation sites (tertiary alicyclic amines) is 1. The molecule has 1 N–H and O–H groups in total. The fourth-order valence-electron chi connectivity index (χ4n) is 2.89. The molecule has 1 aromatic carbocycles. The number of nitro groups is 1. The van der Waals surface area contributed by atoms with Gasteiger partial charge in [-0.1, -0.05) is 6.07 Å². The van der Waals surface area contributed by atoms with E-state index >= 15 is 0 Å². The van der Waals surface area contributed by atoms with E-state index in [1.165, 1.54) is 6.07 Å². The lowest BCUT2D eigenvalue weighted by molar-refractivity contribution is -0.385. The average molecular weight is 292 g/mol. The lowest BCUT2D eigenvalue weighted by atomic mass is 9.90. The fraction of sp³-hybridized carbons (Fsp3) is 0.533. The first-order valence-electron chi connectivity index (χ1n) is 6.97. The van der Waals surface area contributed by atoms with E-state index in [0.29, 0.717) is 19.5 Å². The molecule has 0 aliphatic carbocycles. The van der Waals surface area contributed by atoms with Gasteiger partial charge in [-0.2, -0.15) is 0 Å². The van der Waals surface area contributed by atoms with Gasteiger partial charge < -0.3 is 5.11 Å². The molecule has 6 nitrogen and oxygen atoms in total. The zero-order valence-electron chi connectivity index (χ0n) is 12.5. The molecule has 1 aliphatic rings. The summed E-state index contributed by atoms with van der Waals surface area (Å²) < 4.78 is 0. The first kappa shape index (κ1) is 15.4. The Morgan fingerprint density at radius 3 is 2.71 bits per heavy atom. The summed E-state index contributed by atoms with van der Waals surface area (Å²) in [5.74, 6) is -0.784. The monoisotopic (exact) mass is 292 g/mol. The zero-order chi connectivity index (χ0) is 15.8. The molecule has 2 atom stereocenters. The molecule has 0 radical (unpaired) electrons. The molecule has 21 heavy (non-hydrogen) atoms. The minimum atomic E-state index is -0.784. The molecule has 2 rings (SSSR count). The van der Waals surface area contributed by atoms with Gasteiger partial charge in [0.25, 0.3) is 5.69 Å². The molecule has 0 aromatic heterocycles. The number of non-ortho nitro benzene ring substituents is 1. The van der Waals surface area contributed by atoms with Crippen molar-refractivity contribution in [2.75, 3.05) is 13.1 Å². The first-order valence-corrected chi connectivity index (χ1v) is 6.97. The van der Waals surface area contributed by atoms with Crippen molar-refractivity contribution in [3.05, 3.63) is 39.4 Å². The largest absolute Gasteiger partial charge is 0.481 e. The number of nitrogens with zero attached hydrogens (tertiary/aromatic N) is 2. The molecule has 2 unspecified atom stereocenters. The molecule has 0 amide bonds. The van der Waals surface area contributed by atoms with Crippen LogP contribution in [0.25, 0.3) is 0 Å². The number of aryl methyl sites for hydroxylation is 1. The molecule has 1 saturated heterocycles. The molecule has 0 saturated carbocycles. The molecule has 0 spiro atoms. The smallest absolute Gasteiger partial charge is 0.310 e. The summed E-state index contributed by atoms with van der Waals surface area (Å²) in [6.45, 7) is 6.79. The SMILES string of the molecule is Cc1ccc([N+](=O)[O-])cc1C(C)N1CCC(C)(C(=O)O)C1. The van der Waals surface area contributed by atoms with Crippen molar-refractivity contribution in [3.8, 4) is 0 Å². The molecule has 1 fully saturated rings. The van der Waals surface area contributed by atoms with Crippen molar-refractivity contribution in [3.63, 3.8) is 0 Å². The van der Waals surface area contributed by atoms with E-state index in [1.807, 2.05) is 13.8 Å². The second-order valence-corrected chi connectivity index (χ2v) is 6.06. The molecule has 0 bridgehead atoms. The van der Waals surface area contributed by atoms with Gasteiger partial charge in [0.2, 0.25) is 0 Å². The minimum Gasteiger partial charge on any atom is -0.481 e. The van der Waals surface area contributed by atoms with Gasteiger partial charge in [0.05, 0.1) is 10.3 Å². The van der Waals surface area contributed by atoms with Crippen LogP contribution < -0.4 is 0 Å². The van der Waals surface area contributed by atoms with Gasteiger partial charge in [0.15, 0.2) is 0 Å². The predicted octanol–water partition coefficient (Wildman–Crippen LogP) is 2.76. The molecular formula is C15H20N2O4. The summed E-state index contributed by atoms with van der Waals surface area (Å²) in [7, 11) is 0. The average Bonchev–Trinajstić information content (AvgIpc) is 2.82. The van der Waals surface area contributed by atoms with Crippen LogP contribution in [0, 0.1) is 22.5 Å². The predicted molar refractivity (Wildman–Crippen MR) is 78.2 cm³/mol. The topological polar surface area (TPSA) is 83.7 Å². The van der Waals surface area contributed by atoms with Crippen molar-refractivity contribution < 1.29 is 14.8 Å². The van der Waals surface area contributed by atoms with E-state index in [0.717, 1.165) is 11.1 Å². The quantitative estimate of drug-likeness (QED) is 0.681. The Morgan fingerprint density at radius 2 is 2.19 bits per heavy atom. The maximum Gasteiger partial charge on any atom is 0.310 e. The van der Waals surface area contributed by atoms with Crippen LogP contribution in [0.5, 0.6) is 0 Å². The van der Waals surface area contributed by atoms with Crippen LogP contribution in [0.1, 0.15) is 37.4 Å². The second-order valence-electron chi connectivity index (χ2n) is 6.06. The standard InChI is InChI=1S/C15H20N2O4/c1-10-4-5-12(17(20)21)8-13(10)11(2)16-7-6-15(3,9-16)14(18)19/h4-5,8,11H,6-7,9H2,1-3H3,(H,18,19). The van der Waals surface area contributed by atoms with E-state index in [2.05, 4.69) is 4.90 Å². The molecular weight excluding hydrogens is 272 g/mol. The number of rotatable bonds is 4. The Bertz CT molecular complexity index is 587. The number of carboxylic acids is 1. The fourth-order valence-corrected chi connectivity index (χ4v) is 2.89. The number of carboxylic acid groups (broad SMARTS) is 1. The van der Waals surface area contributed by atoms with Crippen LogP contribution in [0.15, 0.2) is 18.2 Å². The summed E-state index contributed by atoms with van der Waals surface area (Å²) in [6, 6.07) is 4.80. The molecule has 114 valence electrons. The third kappa shape index (κ3) is 2.90. The minimum absolute atomic E-state index is 0.0360. The van der Waals surface area contributed by atoms with Gasteiger partial charge in [-0.05, 0) is 44.9 Å². The Morgan fingerprint density at radius 1 is 1.52 bits per heavy atom. The number of hydrogen-bond donors (Lipinski definition) is 1. The van der Waals surface area contributed by atoms with E-state index in [4.69, 9.17) is 0 Å². The highest BCUT2D eigenvalue weighted by Crippen LogP contribution is 2.36. The van der Waals surface area contributed by atoms with Crippen LogP contribution >= 0.6 is 0 Å². The summed E-state index contributed by atoms with van der Waals surface area (Å²) in [5, 5.41) is 20.2. The highest BCUT2D eigenvalue weighted by Gasteiger charge is 2.42. The van der Waals surface area contributed by atoms with E-state index in [9.17, 15) is 20.0 Å². The second kappa shape index (κ2) is 5.44. The Balaban J connectivity index is 2.25. The van der Waals surface area contributed by atoms with Crippen LogP contribution in [0.4, 0.5) is 5.69 Å². The van der Waals surface area contributed by atoms with Crippen molar-refractivity contribution in [1.29, 1.82) is 0 Å². The maximum absolute atomic E-state index is 11.3. The van der Waals surface area contributed by atoms with Gasteiger partial charge in [-0.3, -0.25) is 19.8 Å². The van der Waals surface area contributed by atoms with Crippen LogP contribution in [0.2, 0.25) is 0 Å². The summed E-state index contributed by atoms with van der Waals surface area (Å²) in [6.07, 6.45) is 0.598. The lowest BCUT2D eigenvalue weighted by Gasteiger charge is -2.27. The van der Waals surface area contributed by atoms with Crippen molar-refractivity contribution in [2.45, 2.75) is 33.2 Å². The summed E-state index contributed by atoms with van der Waals surface area (Å²) in [5.41, 5.74) is 1.21. The lowest BCUT2D eigenvalue weighted by Crippen LogP contribution is -2.33. The Labute approximate surface area is 123 Å². The Kier molecular flexibility index (Phi) is 4.00. The molecule has 1 aliphatic heterocycles. The number of nitro benzene ring substituents is 1. The summed E-state index contributed by atoms with van der Waals surface area (Å²) >= 11 is 0. The van der Waals surface area contributed by atoms with E-state index in [-0.39, 0.29) is 11.7 Å². The number of benzene rings is 1. The van der Waals surface area contributed by atoms with Crippen LogP contribution in [-0.4, -0.2) is 34.0 Å². The highest BCUT2D eigenvalue weighted by molar-refractivity contribution is 5.74. The van der Waals surface area contributed by atoms with E-state index < -0.39 is 16.3 Å². The Hall–Kier alpha value is -1.95. The number of hydrogen-bond acceptors (Lipinski definition) is 4. The molecule has 1 heterocycles. The number of aliphatic carboxylic acids is 1. The normalized spacial score (nSPS) is 24.0. The van der Waals surface area contributed by atoms with Gasteiger partial charge >= 0.3 is 5.97 Å². The van der Waals surface area contributed by atoms with Gasteiger partial charge in [0.1, 0.15) is 0 Å². The highest BCUT2D eigenvalue weighted by atomic mass is 16.6. The van der Waals surface area contributed by atoms with Crippen LogP contribution in [0.3, 0.4) is 0 Å².